The number of hydrogen-bond donors (Lipinski definition) is 1. The minimum Gasteiger partial charge on any atom is -0.410 e. The van der Waals surface area contributed by atoms with Crippen molar-refractivity contribution in [3.63, 3.8) is 0 Å². The van der Waals surface area contributed by atoms with Gasteiger partial charge in [0.1, 0.15) is 5.75 Å². The van der Waals surface area contributed by atoms with E-state index in [2.05, 4.69) is 5.32 Å². The highest BCUT2D eigenvalue weighted by Gasteiger charge is 2.05. The second-order valence-corrected chi connectivity index (χ2v) is 4.13. The van der Waals surface area contributed by atoms with Crippen LogP contribution in [0.15, 0.2) is 48.5 Å². The molecule has 3 heteroatoms. The van der Waals surface area contributed by atoms with E-state index in [4.69, 9.17) is 4.74 Å². The van der Waals surface area contributed by atoms with Gasteiger partial charge in [0.05, 0.1) is 0 Å². The van der Waals surface area contributed by atoms with Crippen molar-refractivity contribution >= 4 is 11.8 Å². The summed E-state index contributed by atoms with van der Waals surface area (Å²) in [5.41, 5.74) is 3.06. The number of hydrogen-bond acceptors (Lipinski definition) is 2. The third-order valence-corrected chi connectivity index (χ3v) is 2.71. The van der Waals surface area contributed by atoms with Gasteiger partial charge in [-0.2, -0.15) is 0 Å². The van der Waals surface area contributed by atoms with Gasteiger partial charge < -0.3 is 4.74 Å². The predicted octanol–water partition coefficient (Wildman–Crippen LogP) is 3.91. The molecule has 0 unspecified atom stereocenters. The highest BCUT2D eigenvalue weighted by Crippen LogP contribution is 2.15. The monoisotopic (exact) mass is 241 g/mol. The zero-order valence-corrected chi connectivity index (χ0v) is 10.4. The van der Waals surface area contributed by atoms with Gasteiger partial charge in [0.2, 0.25) is 0 Å². The van der Waals surface area contributed by atoms with Crippen molar-refractivity contribution in [2.24, 2.45) is 0 Å². The smallest absolute Gasteiger partial charge is 0.410 e. The van der Waals surface area contributed by atoms with Crippen LogP contribution in [0.1, 0.15) is 11.1 Å². The maximum atomic E-state index is 11.6. The van der Waals surface area contributed by atoms with E-state index in [1.165, 1.54) is 5.56 Å². The lowest BCUT2D eigenvalue weighted by molar-refractivity contribution is 0.215. The maximum absolute atomic E-state index is 11.6. The van der Waals surface area contributed by atoms with Crippen LogP contribution < -0.4 is 10.1 Å². The molecule has 0 fully saturated rings. The molecule has 2 aromatic rings. The molecule has 0 atom stereocenters. The van der Waals surface area contributed by atoms with Gasteiger partial charge in [-0.05, 0) is 49.2 Å². The minimum atomic E-state index is -0.482. The molecule has 0 spiro atoms. The molecule has 0 heterocycles. The van der Waals surface area contributed by atoms with Crippen molar-refractivity contribution in [3.05, 3.63) is 59.7 Å². The topological polar surface area (TPSA) is 38.3 Å². The molecule has 0 radical (unpaired) electrons. The molecule has 1 N–H and O–H groups in total. The number of nitrogens with one attached hydrogen (secondary N) is 1. The Morgan fingerprint density at radius 3 is 2.39 bits per heavy atom. The zero-order chi connectivity index (χ0) is 13.0. The van der Waals surface area contributed by atoms with Crippen LogP contribution in [-0.4, -0.2) is 6.09 Å². The first-order chi connectivity index (χ1) is 8.65. The summed E-state index contributed by atoms with van der Waals surface area (Å²) in [6, 6.07) is 14.7. The van der Waals surface area contributed by atoms with E-state index in [0.29, 0.717) is 5.75 Å². The van der Waals surface area contributed by atoms with Crippen LogP contribution >= 0.6 is 0 Å². The first kappa shape index (κ1) is 12.2. The van der Waals surface area contributed by atoms with Crippen LogP contribution in [-0.2, 0) is 0 Å². The van der Waals surface area contributed by atoms with Gasteiger partial charge in [0.15, 0.2) is 0 Å². The molecule has 2 rings (SSSR count). The molecule has 0 aliphatic carbocycles. The number of carbonyl (C=O) groups excluding carboxylic acids is 1. The summed E-state index contributed by atoms with van der Waals surface area (Å²) in [5.74, 6) is 0.527. The molecule has 0 saturated heterocycles. The summed E-state index contributed by atoms with van der Waals surface area (Å²) in [4.78, 5) is 11.6. The van der Waals surface area contributed by atoms with E-state index in [9.17, 15) is 4.79 Å². The molecule has 1 amide bonds. The fourth-order valence-electron chi connectivity index (χ4n) is 1.56. The first-order valence-corrected chi connectivity index (χ1v) is 5.76. The van der Waals surface area contributed by atoms with Crippen molar-refractivity contribution in [1.29, 1.82) is 0 Å². The van der Waals surface area contributed by atoms with Gasteiger partial charge in [-0.3, -0.25) is 5.32 Å². The third kappa shape index (κ3) is 3.10. The maximum Gasteiger partial charge on any atom is 0.417 e. The molecule has 3 nitrogen and oxygen atoms in total. The van der Waals surface area contributed by atoms with Crippen molar-refractivity contribution in [3.8, 4) is 5.75 Å². The van der Waals surface area contributed by atoms with Crippen LogP contribution in [0.5, 0.6) is 5.75 Å². The van der Waals surface area contributed by atoms with Crippen LogP contribution in [0.2, 0.25) is 0 Å². The molecule has 0 aliphatic rings. The average Bonchev–Trinajstić information content (AvgIpc) is 2.35. The lowest BCUT2D eigenvalue weighted by Gasteiger charge is -2.08. The Balaban J connectivity index is 2.01. The highest BCUT2D eigenvalue weighted by molar-refractivity contribution is 5.86. The number of amides is 1. The number of rotatable bonds is 2. The largest absolute Gasteiger partial charge is 0.417 e. The van der Waals surface area contributed by atoms with Crippen molar-refractivity contribution in [2.45, 2.75) is 13.8 Å². The second-order valence-electron chi connectivity index (χ2n) is 4.13. The van der Waals surface area contributed by atoms with Crippen molar-refractivity contribution < 1.29 is 9.53 Å². The minimum absolute atomic E-state index is 0.482. The van der Waals surface area contributed by atoms with Crippen molar-refractivity contribution in [1.82, 2.24) is 0 Å². The Labute approximate surface area is 106 Å². The summed E-state index contributed by atoms with van der Waals surface area (Å²) in [7, 11) is 0. The zero-order valence-electron chi connectivity index (χ0n) is 10.4. The van der Waals surface area contributed by atoms with Crippen LogP contribution in [0.3, 0.4) is 0 Å². The van der Waals surface area contributed by atoms with E-state index in [-0.39, 0.29) is 0 Å². The van der Waals surface area contributed by atoms with E-state index < -0.39 is 6.09 Å². The van der Waals surface area contributed by atoms with Gasteiger partial charge in [-0.25, -0.2) is 4.79 Å². The Morgan fingerprint density at radius 1 is 1.00 bits per heavy atom. The van der Waals surface area contributed by atoms with Crippen LogP contribution in [0, 0.1) is 13.8 Å². The normalized spacial score (nSPS) is 9.89. The molecular weight excluding hydrogens is 226 g/mol. The summed E-state index contributed by atoms with van der Waals surface area (Å²) in [5, 5.41) is 2.70. The Morgan fingerprint density at radius 2 is 1.72 bits per heavy atom. The summed E-state index contributed by atoms with van der Waals surface area (Å²) in [6.07, 6.45) is -0.482. The van der Waals surface area contributed by atoms with Gasteiger partial charge in [0, 0.05) is 5.69 Å². The van der Waals surface area contributed by atoms with Gasteiger partial charge in [0.25, 0.3) is 0 Å². The molecule has 0 saturated carbocycles. The number of aryl methyl sites for hydroxylation is 2. The molecule has 0 aromatic heterocycles. The van der Waals surface area contributed by atoms with Crippen LogP contribution in [0.25, 0.3) is 0 Å². The third-order valence-electron chi connectivity index (χ3n) is 2.71. The lowest BCUT2D eigenvalue weighted by Crippen LogP contribution is -2.16. The highest BCUT2D eigenvalue weighted by atomic mass is 16.6. The molecule has 2 aromatic carbocycles. The average molecular weight is 241 g/mol. The Hall–Kier alpha value is -2.29. The first-order valence-electron chi connectivity index (χ1n) is 5.76. The van der Waals surface area contributed by atoms with Gasteiger partial charge in [-0.1, -0.05) is 24.3 Å². The van der Waals surface area contributed by atoms with Crippen molar-refractivity contribution in [2.75, 3.05) is 5.32 Å². The number of ether oxygens (including phenoxy) is 1. The Bertz CT molecular complexity index is 550. The molecular formula is C15H15NO2. The molecule has 0 aliphatic heterocycles. The summed E-state index contributed by atoms with van der Waals surface area (Å²) < 4.78 is 5.14. The molecule has 18 heavy (non-hydrogen) atoms. The van der Waals surface area contributed by atoms with Gasteiger partial charge >= 0.3 is 6.09 Å². The van der Waals surface area contributed by atoms with E-state index >= 15 is 0 Å². The van der Waals surface area contributed by atoms with Crippen LogP contribution in [0.4, 0.5) is 10.5 Å². The predicted molar refractivity (Wildman–Crippen MR) is 72.0 cm³/mol. The second kappa shape index (κ2) is 5.36. The van der Waals surface area contributed by atoms with Gasteiger partial charge in [-0.15, -0.1) is 0 Å². The lowest BCUT2D eigenvalue weighted by atomic mass is 10.1. The molecule has 0 bridgehead atoms. The molecule has 92 valence electrons. The summed E-state index contributed by atoms with van der Waals surface area (Å²) in [6.45, 7) is 4.03. The Kier molecular flexibility index (Phi) is 3.63. The number of carbonyl (C=O) groups is 1. The number of anilines is 1. The fraction of sp³-hybridized carbons (Fsp3) is 0.133. The standard InChI is InChI=1S/C15H15NO2/c1-11-8-9-13(10-12(11)2)16-15(17)18-14-6-4-3-5-7-14/h3-10H,1-2H3,(H,16,17). The SMILES string of the molecule is Cc1ccc(NC(=O)Oc2ccccc2)cc1C. The fourth-order valence-corrected chi connectivity index (χ4v) is 1.56. The van der Waals surface area contributed by atoms with E-state index in [1.54, 1.807) is 12.1 Å². The van der Waals surface area contributed by atoms with E-state index in [1.807, 2.05) is 50.2 Å². The number of para-hydroxylation sites is 1. The van der Waals surface area contributed by atoms with E-state index in [0.717, 1.165) is 11.3 Å². The number of benzene rings is 2. The summed E-state index contributed by atoms with van der Waals surface area (Å²) >= 11 is 0. The quantitative estimate of drug-likeness (QED) is 0.865.